The summed E-state index contributed by atoms with van der Waals surface area (Å²) in [5.74, 6) is -2.15. The molecule has 5 heteroatoms. The van der Waals surface area contributed by atoms with E-state index >= 15 is 0 Å². The average Bonchev–Trinajstić information content (AvgIpc) is 2.07. The molecule has 0 radical (unpaired) electrons. The second-order valence-electron chi connectivity index (χ2n) is 2.94. The molecule has 1 atom stereocenters. The van der Waals surface area contributed by atoms with Gasteiger partial charge < -0.3 is 0 Å². The zero-order valence-corrected chi connectivity index (χ0v) is 8.79. The highest BCUT2D eigenvalue weighted by atomic mass is 79.9. The van der Waals surface area contributed by atoms with Crippen LogP contribution in [0.3, 0.4) is 0 Å². The Balaban J connectivity index is 3.03. The summed E-state index contributed by atoms with van der Waals surface area (Å²) in [6, 6.07) is 3.30. The molecule has 78 valence electrons. The van der Waals surface area contributed by atoms with Crippen molar-refractivity contribution in [3.8, 4) is 0 Å². The third-order valence-electron chi connectivity index (χ3n) is 1.93. The van der Waals surface area contributed by atoms with Crippen LogP contribution in [0.5, 0.6) is 0 Å². The average molecular weight is 271 g/mol. The van der Waals surface area contributed by atoms with Crippen LogP contribution in [0.1, 0.15) is 18.4 Å². The summed E-state index contributed by atoms with van der Waals surface area (Å²) in [6.45, 7) is 1.04. The molecule has 1 aromatic carbocycles. The van der Waals surface area contributed by atoms with E-state index in [1.807, 2.05) is 0 Å². The van der Waals surface area contributed by atoms with E-state index < -0.39 is 17.9 Å². The van der Waals surface area contributed by atoms with Crippen molar-refractivity contribution >= 4 is 15.9 Å². The van der Waals surface area contributed by atoms with E-state index in [0.29, 0.717) is 0 Å². The van der Waals surface area contributed by atoms with Gasteiger partial charge in [-0.3, -0.25) is 0 Å². The van der Waals surface area contributed by atoms with Crippen LogP contribution >= 0.6 is 15.9 Å². The van der Waals surface area contributed by atoms with Crippen LogP contribution in [-0.2, 0) is 0 Å². The molecule has 0 aliphatic heterocycles. The maximum absolute atomic E-state index is 12.7. The molecule has 14 heavy (non-hydrogen) atoms. The van der Waals surface area contributed by atoms with Gasteiger partial charge in [-0.05, 0) is 40.5 Å². The van der Waals surface area contributed by atoms with Crippen LogP contribution < -0.4 is 0 Å². The number of benzene rings is 1. The first-order valence-electron chi connectivity index (χ1n) is 3.84. The predicted octanol–water partition coefficient (Wildman–Crippen LogP) is 4.25. The lowest BCUT2D eigenvalue weighted by Crippen LogP contribution is -2.17. The van der Waals surface area contributed by atoms with E-state index in [4.69, 9.17) is 0 Å². The summed E-state index contributed by atoms with van der Waals surface area (Å²) in [7, 11) is 0. The van der Waals surface area contributed by atoms with Crippen LogP contribution in [0.2, 0.25) is 0 Å². The molecule has 0 spiro atoms. The van der Waals surface area contributed by atoms with Gasteiger partial charge in [0, 0.05) is 0 Å². The van der Waals surface area contributed by atoms with Crippen molar-refractivity contribution in [2.75, 3.05) is 0 Å². The van der Waals surface area contributed by atoms with E-state index in [-0.39, 0.29) is 10.0 Å². The van der Waals surface area contributed by atoms with Crippen molar-refractivity contribution in [3.63, 3.8) is 0 Å². The lowest BCUT2D eigenvalue weighted by atomic mass is 10.0. The molecule has 0 aliphatic rings. The van der Waals surface area contributed by atoms with Crippen LogP contribution in [-0.4, -0.2) is 6.18 Å². The second-order valence-corrected chi connectivity index (χ2v) is 3.79. The summed E-state index contributed by atoms with van der Waals surface area (Å²) in [4.78, 5) is 0. The van der Waals surface area contributed by atoms with Gasteiger partial charge in [0.2, 0.25) is 0 Å². The molecule has 0 N–H and O–H groups in total. The fourth-order valence-electron chi connectivity index (χ4n) is 0.971. The molecule has 0 fully saturated rings. The third-order valence-corrected chi connectivity index (χ3v) is 2.54. The van der Waals surface area contributed by atoms with Gasteiger partial charge in [-0.1, -0.05) is 6.07 Å². The van der Waals surface area contributed by atoms with Crippen molar-refractivity contribution in [1.82, 2.24) is 0 Å². The number of halogens is 5. The minimum atomic E-state index is -4.29. The smallest absolute Gasteiger partial charge is 0.206 e. The Morgan fingerprint density at radius 2 is 1.86 bits per heavy atom. The van der Waals surface area contributed by atoms with Gasteiger partial charge in [-0.15, -0.1) is 0 Å². The molecule has 0 amide bonds. The highest BCUT2D eigenvalue weighted by Gasteiger charge is 2.37. The highest BCUT2D eigenvalue weighted by molar-refractivity contribution is 9.10. The van der Waals surface area contributed by atoms with Gasteiger partial charge in [0.25, 0.3) is 0 Å². The lowest BCUT2D eigenvalue weighted by molar-refractivity contribution is -0.146. The van der Waals surface area contributed by atoms with Crippen LogP contribution in [0.25, 0.3) is 0 Å². The number of alkyl halides is 3. The quantitative estimate of drug-likeness (QED) is 0.669. The Morgan fingerprint density at radius 3 is 2.29 bits per heavy atom. The number of hydrogen-bond donors (Lipinski definition) is 0. The van der Waals surface area contributed by atoms with Crippen LogP contribution in [0.15, 0.2) is 22.7 Å². The van der Waals surface area contributed by atoms with E-state index in [0.717, 1.165) is 25.1 Å². The van der Waals surface area contributed by atoms with Crippen molar-refractivity contribution in [1.29, 1.82) is 0 Å². The lowest BCUT2D eigenvalue weighted by Gasteiger charge is -2.16. The Morgan fingerprint density at radius 1 is 1.29 bits per heavy atom. The van der Waals surface area contributed by atoms with E-state index in [1.54, 1.807) is 0 Å². The molecule has 1 aromatic rings. The summed E-state index contributed by atoms with van der Waals surface area (Å²) in [5.41, 5.74) is 0.0470. The summed E-state index contributed by atoms with van der Waals surface area (Å²) in [5, 5.41) is 0. The van der Waals surface area contributed by atoms with E-state index in [1.165, 1.54) is 0 Å². The van der Waals surface area contributed by atoms with Crippen molar-refractivity contribution in [2.24, 2.45) is 0 Å². The van der Waals surface area contributed by atoms with Crippen molar-refractivity contribution in [3.05, 3.63) is 34.1 Å². The van der Waals surface area contributed by atoms with Gasteiger partial charge in [-0.25, -0.2) is 4.39 Å². The number of rotatable bonds is 1. The van der Waals surface area contributed by atoms with Gasteiger partial charge >= 0.3 is 6.18 Å². The first-order valence-corrected chi connectivity index (χ1v) is 4.63. The van der Waals surface area contributed by atoms with Crippen molar-refractivity contribution in [2.45, 2.75) is 19.0 Å². The SMILES string of the molecule is CC(c1ccc(F)c(Br)c1)C(F)(F)F. The molecule has 0 saturated carbocycles. The van der Waals surface area contributed by atoms with Crippen LogP contribution in [0.4, 0.5) is 17.6 Å². The molecule has 0 heterocycles. The molecular weight excluding hydrogens is 264 g/mol. The topological polar surface area (TPSA) is 0 Å². The second kappa shape index (κ2) is 3.88. The first-order chi connectivity index (χ1) is 6.32. The van der Waals surface area contributed by atoms with Gasteiger partial charge in [0.05, 0.1) is 10.4 Å². The van der Waals surface area contributed by atoms with Crippen molar-refractivity contribution < 1.29 is 17.6 Å². The largest absolute Gasteiger partial charge is 0.395 e. The zero-order valence-electron chi connectivity index (χ0n) is 7.20. The van der Waals surface area contributed by atoms with Gasteiger partial charge in [0.15, 0.2) is 0 Å². The molecule has 0 aromatic heterocycles. The predicted molar refractivity (Wildman–Crippen MR) is 48.6 cm³/mol. The normalized spacial score (nSPS) is 14.1. The summed E-state index contributed by atoms with van der Waals surface area (Å²) < 4.78 is 49.6. The molecule has 0 saturated heterocycles. The molecule has 0 nitrogen and oxygen atoms in total. The summed E-state index contributed by atoms with van der Waals surface area (Å²) in [6.07, 6.45) is -4.29. The standard InChI is InChI=1S/C9H7BrF4/c1-5(9(12,13)14)6-2-3-8(11)7(10)4-6/h2-5H,1H3. The fraction of sp³-hybridized carbons (Fsp3) is 0.333. The minimum Gasteiger partial charge on any atom is -0.206 e. The summed E-state index contributed by atoms with van der Waals surface area (Å²) >= 11 is 2.84. The Bertz CT molecular complexity index is 332. The number of hydrogen-bond acceptors (Lipinski definition) is 0. The Kier molecular flexibility index (Phi) is 3.19. The van der Waals surface area contributed by atoms with Gasteiger partial charge in [-0.2, -0.15) is 13.2 Å². The van der Waals surface area contributed by atoms with E-state index in [9.17, 15) is 17.6 Å². The molecule has 0 aliphatic carbocycles. The molecule has 0 bridgehead atoms. The van der Waals surface area contributed by atoms with Gasteiger partial charge in [0.1, 0.15) is 5.82 Å². The first kappa shape index (κ1) is 11.5. The minimum absolute atomic E-state index is 0.0470. The molecule has 1 rings (SSSR count). The zero-order chi connectivity index (χ0) is 10.9. The Hall–Kier alpha value is -0.580. The maximum Gasteiger partial charge on any atom is 0.395 e. The highest BCUT2D eigenvalue weighted by Crippen LogP contribution is 2.35. The monoisotopic (exact) mass is 270 g/mol. The Labute approximate surface area is 87.1 Å². The fourth-order valence-corrected chi connectivity index (χ4v) is 1.37. The van der Waals surface area contributed by atoms with E-state index in [2.05, 4.69) is 15.9 Å². The molecular formula is C9H7BrF4. The third kappa shape index (κ3) is 2.47. The van der Waals surface area contributed by atoms with Crippen LogP contribution in [0, 0.1) is 5.82 Å². The molecule has 1 unspecified atom stereocenters. The maximum atomic E-state index is 12.7.